The van der Waals surface area contributed by atoms with Gasteiger partial charge in [0.15, 0.2) is 17.5 Å². The van der Waals surface area contributed by atoms with E-state index in [0.717, 1.165) is 11.3 Å². The van der Waals surface area contributed by atoms with Crippen molar-refractivity contribution in [1.29, 1.82) is 0 Å². The summed E-state index contributed by atoms with van der Waals surface area (Å²) < 4.78 is 21.9. The van der Waals surface area contributed by atoms with Gasteiger partial charge in [0.25, 0.3) is 0 Å². The molecule has 0 saturated heterocycles. The van der Waals surface area contributed by atoms with E-state index in [1.165, 1.54) is 0 Å². The van der Waals surface area contributed by atoms with Crippen LogP contribution in [0.15, 0.2) is 27.7 Å². The van der Waals surface area contributed by atoms with Crippen molar-refractivity contribution in [3.8, 4) is 17.2 Å². The van der Waals surface area contributed by atoms with Gasteiger partial charge >= 0.3 is 0 Å². The van der Waals surface area contributed by atoms with Gasteiger partial charge in [-0.3, -0.25) is 4.99 Å². The number of oxazole rings is 1. The van der Waals surface area contributed by atoms with Crippen LogP contribution in [-0.2, 0) is 18.5 Å². The highest BCUT2D eigenvalue weighted by Gasteiger charge is 2.19. The van der Waals surface area contributed by atoms with Gasteiger partial charge in [0.1, 0.15) is 11.5 Å². The van der Waals surface area contributed by atoms with Crippen molar-refractivity contribution in [2.24, 2.45) is 4.99 Å². The molecule has 1 heterocycles. The van der Waals surface area contributed by atoms with Gasteiger partial charge in [0, 0.05) is 30.6 Å². The number of hydrogen-bond acceptors (Lipinski definition) is 6. The second-order valence-electron chi connectivity index (χ2n) is 7.17. The maximum absolute atomic E-state index is 5.79. The van der Waals surface area contributed by atoms with Crippen LogP contribution in [0.3, 0.4) is 0 Å². The number of methoxy groups -OCH3 is 3. The molecular formula is C20H31IN4O4. The minimum atomic E-state index is -0.0743. The maximum Gasteiger partial charge on any atom is 0.213 e. The van der Waals surface area contributed by atoms with Crippen molar-refractivity contribution < 1.29 is 18.6 Å². The van der Waals surface area contributed by atoms with E-state index in [1.807, 2.05) is 6.07 Å². The van der Waals surface area contributed by atoms with Crippen molar-refractivity contribution in [2.75, 3.05) is 28.4 Å². The van der Waals surface area contributed by atoms with Crippen LogP contribution < -0.4 is 24.8 Å². The smallest absolute Gasteiger partial charge is 0.213 e. The van der Waals surface area contributed by atoms with Gasteiger partial charge in [-0.15, -0.1) is 24.0 Å². The third-order valence-electron chi connectivity index (χ3n) is 4.16. The summed E-state index contributed by atoms with van der Waals surface area (Å²) in [7, 11) is 6.52. The first-order valence-electron chi connectivity index (χ1n) is 9.01. The van der Waals surface area contributed by atoms with E-state index in [2.05, 4.69) is 41.4 Å². The molecule has 0 spiro atoms. The Balaban J connectivity index is 0.00000420. The molecule has 9 heteroatoms. The topological polar surface area (TPSA) is 90.1 Å². The Labute approximate surface area is 189 Å². The number of nitrogens with one attached hydrogen (secondary N) is 2. The Bertz CT molecular complexity index is 815. The zero-order valence-corrected chi connectivity index (χ0v) is 20.4. The summed E-state index contributed by atoms with van der Waals surface area (Å²) in [6.45, 7) is 7.17. The molecule has 29 heavy (non-hydrogen) atoms. The fraction of sp³-hybridized carbons (Fsp3) is 0.500. The highest BCUT2D eigenvalue weighted by Crippen LogP contribution is 2.34. The normalized spacial score (nSPS) is 11.5. The Kier molecular flexibility index (Phi) is 9.54. The minimum absolute atomic E-state index is 0. The number of rotatable bonds is 7. The quantitative estimate of drug-likeness (QED) is 0.330. The number of nitrogens with zero attached hydrogens (tertiary/aromatic N) is 2. The van der Waals surface area contributed by atoms with Gasteiger partial charge in [-0.2, -0.15) is 0 Å². The molecule has 0 unspecified atom stereocenters. The van der Waals surface area contributed by atoms with Crippen molar-refractivity contribution in [3.63, 3.8) is 0 Å². The van der Waals surface area contributed by atoms with E-state index in [1.54, 1.807) is 40.6 Å². The molecule has 162 valence electrons. The predicted octanol–water partition coefficient (Wildman–Crippen LogP) is 3.48. The molecule has 2 N–H and O–H groups in total. The first-order valence-corrected chi connectivity index (χ1v) is 9.01. The van der Waals surface area contributed by atoms with E-state index in [0.29, 0.717) is 42.2 Å². The van der Waals surface area contributed by atoms with Crippen LogP contribution in [0.5, 0.6) is 17.2 Å². The fourth-order valence-corrected chi connectivity index (χ4v) is 2.53. The summed E-state index contributed by atoms with van der Waals surface area (Å²) in [5, 5.41) is 6.44. The van der Waals surface area contributed by atoms with Crippen molar-refractivity contribution in [1.82, 2.24) is 15.6 Å². The number of ether oxygens (including phenoxy) is 3. The summed E-state index contributed by atoms with van der Waals surface area (Å²) in [6, 6.07) is 3.68. The SMILES string of the molecule is CN=C(NCc1ncc(C(C)(C)C)o1)NCc1cc(OC)c(OC)cc1OC.I. The molecule has 0 aliphatic carbocycles. The number of benzene rings is 1. The lowest BCUT2D eigenvalue weighted by atomic mass is 9.94. The van der Waals surface area contributed by atoms with Crippen LogP contribution in [0, 0.1) is 0 Å². The molecule has 0 saturated carbocycles. The fourth-order valence-electron chi connectivity index (χ4n) is 2.53. The van der Waals surface area contributed by atoms with Crippen LogP contribution in [0.1, 0.15) is 38.0 Å². The van der Waals surface area contributed by atoms with Gasteiger partial charge in [-0.05, 0) is 6.07 Å². The van der Waals surface area contributed by atoms with E-state index in [4.69, 9.17) is 18.6 Å². The summed E-state index contributed by atoms with van der Waals surface area (Å²) in [6.07, 6.45) is 1.77. The summed E-state index contributed by atoms with van der Waals surface area (Å²) in [5.41, 5.74) is 0.837. The Hall–Kier alpha value is -2.17. The lowest BCUT2D eigenvalue weighted by Crippen LogP contribution is -2.36. The van der Waals surface area contributed by atoms with Gasteiger partial charge in [-0.1, -0.05) is 20.8 Å². The number of guanidine groups is 1. The van der Waals surface area contributed by atoms with E-state index in [-0.39, 0.29) is 29.4 Å². The monoisotopic (exact) mass is 518 g/mol. The van der Waals surface area contributed by atoms with Crippen LogP contribution >= 0.6 is 24.0 Å². The molecule has 2 aromatic rings. The second kappa shape index (κ2) is 11.1. The predicted molar refractivity (Wildman–Crippen MR) is 124 cm³/mol. The Morgan fingerprint density at radius 3 is 2.10 bits per heavy atom. The highest BCUT2D eigenvalue weighted by molar-refractivity contribution is 14.0. The summed E-state index contributed by atoms with van der Waals surface area (Å²) in [5.74, 6) is 4.02. The number of halogens is 1. The molecule has 0 atom stereocenters. The molecule has 8 nitrogen and oxygen atoms in total. The van der Waals surface area contributed by atoms with Crippen LogP contribution in [0.25, 0.3) is 0 Å². The first-order chi connectivity index (χ1) is 13.3. The van der Waals surface area contributed by atoms with Crippen molar-refractivity contribution in [3.05, 3.63) is 35.5 Å². The van der Waals surface area contributed by atoms with E-state index >= 15 is 0 Å². The molecular weight excluding hydrogens is 487 g/mol. The largest absolute Gasteiger partial charge is 0.496 e. The average Bonchev–Trinajstić information content (AvgIpc) is 3.17. The zero-order chi connectivity index (χ0) is 20.7. The number of aliphatic imine (C=N–C) groups is 1. The second-order valence-corrected chi connectivity index (χ2v) is 7.17. The molecule has 1 aromatic carbocycles. The third-order valence-corrected chi connectivity index (χ3v) is 4.16. The van der Waals surface area contributed by atoms with Gasteiger partial charge in [0.05, 0.1) is 34.1 Å². The van der Waals surface area contributed by atoms with Gasteiger partial charge in [0.2, 0.25) is 5.89 Å². The molecule has 0 aliphatic heterocycles. The van der Waals surface area contributed by atoms with Crippen LogP contribution in [-0.4, -0.2) is 39.3 Å². The van der Waals surface area contributed by atoms with Crippen molar-refractivity contribution >= 4 is 29.9 Å². The van der Waals surface area contributed by atoms with Crippen LogP contribution in [0.4, 0.5) is 0 Å². The maximum atomic E-state index is 5.79. The molecule has 1 aromatic heterocycles. The van der Waals surface area contributed by atoms with Gasteiger partial charge < -0.3 is 29.3 Å². The minimum Gasteiger partial charge on any atom is -0.496 e. The van der Waals surface area contributed by atoms with Crippen LogP contribution in [0.2, 0.25) is 0 Å². The van der Waals surface area contributed by atoms with E-state index in [9.17, 15) is 0 Å². The molecule has 0 radical (unpaired) electrons. The van der Waals surface area contributed by atoms with E-state index < -0.39 is 0 Å². The van der Waals surface area contributed by atoms with Gasteiger partial charge in [-0.25, -0.2) is 4.98 Å². The molecule has 0 bridgehead atoms. The first kappa shape index (κ1) is 24.9. The summed E-state index contributed by atoms with van der Waals surface area (Å²) >= 11 is 0. The lowest BCUT2D eigenvalue weighted by Gasteiger charge is -2.16. The molecule has 0 amide bonds. The lowest BCUT2D eigenvalue weighted by molar-refractivity contribution is 0.347. The Morgan fingerprint density at radius 2 is 1.59 bits per heavy atom. The molecule has 0 fully saturated rings. The molecule has 0 aliphatic rings. The molecule has 2 rings (SSSR count). The standard InChI is InChI=1S/C20H30N4O4.HI/c1-20(2,3)17-11-22-18(28-17)12-24-19(21-4)23-10-13-8-15(26-6)16(27-7)9-14(13)25-5;/h8-9,11H,10,12H2,1-7H3,(H2,21,23,24);1H. The Morgan fingerprint density at radius 1 is 1.00 bits per heavy atom. The average molecular weight is 518 g/mol. The number of hydrogen-bond donors (Lipinski definition) is 2. The number of aromatic nitrogens is 1. The van der Waals surface area contributed by atoms with Crippen molar-refractivity contribution in [2.45, 2.75) is 39.3 Å². The highest BCUT2D eigenvalue weighted by atomic mass is 127. The summed E-state index contributed by atoms with van der Waals surface area (Å²) in [4.78, 5) is 8.55. The third kappa shape index (κ3) is 6.69. The zero-order valence-electron chi connectivity index (χ0n) is 18.1.